The summed E-state index contributed by atoms with van der Waals surface area (Å²) in [5, 5.41) is 7.94. The molecule has 22 heavy (non-hydrogen) atoms. The molecule has 2 aromatic rings. The molecule has 3 rings (SSSR count). The van der Waals surface area contributed by atoms with Crippen LogP contribution in [0.5, 0.6) is 0 Å². The molecule has 5 nitrogen and oxygen atoms in total. The summed E-state index contributed by atoms with van der Waals surface area (Å²) in [6, 6.07) is 2.27. The van der Waals surface area contributed by atoms with Gasteiger partial charge in [0.2, 0.25) is 11.8 Å². The van der Waals surface area contributed by atoms with Gasteiger partial charge in [-0.25, -0.2) is 0 Å². The van der Waals surface area contributed by atoms with Crippen molar-refractivity contribution in [2.45, 2.75) is 47.1 Å². The third-order valence-corrected chi connectivity index (χ3v) is 4.40. The second-order valence-electron chi connectivity index (χ2n) is 6.52. The Morgan fingerprint density at radius 2 is 2.09 bits per heavy atom. The summed E-state index contributed by atoms with van der Waals surface area (Å²) in [6.07, 6.45) is 1.91. The maximum absolute atomic E-state index is 5.46. The van der Waals surface area contributed by atoms with Gasteiger partial charge in [-0.3, -0.25) is 9.88 Å². The van der Waals surface area contributed by atoms with Gasteiger partial charge in [-0.2, -0.15) is 0 Å². The number of nitrogens with zero attached hydrogens (tertiary/aromatic N) is 4. The van der Waals surface area contributed by atoms with Gasteiger partial charge >= 0.3 is 0 Å². The summed E-state index contributed by atoms with van der Waals surface area (Å²) in [5.41, 5.74) is 4.66. The minimum Gasteiger partial charge on any atom is -0.425 e. The summed E-state index contributed by atoms with van der Waals surface area (Å²) >= 11 is 0. The molecule has 0 aliphatic carbocycles. The number of hydrogen-bond donors (Lipinski definition) is 0. The number of pyridine rings is 1. The van der Waals surface area contributed by atoms with Crippen molar-refractivity contribution in [3.63, 3.8) is 0 Å². The average Bonchev–Trinajstić information content (AvgIpc) is 3.04. The molecule has 0 spiro atoms. The Morgan fingerprint density at radius 1 is 1.27 bits per heavy atom. The minimum absolute atomic E-state index is 0.601. The van der Waals surface area contributed by atoms with Crippen LogP contribution in [0.3, 0.4) is 0 Å². The molecule has 2 aromatic heterocycles. The van der Waals surface area contributed by atoms with Crippen LogP contribution in [-0.4, -0.2) is 33.2 Å². The van der Waals surface area contributed by atoms with Gasteiger partial charge < -0.3 is 4.42 Å². The summed E-state index contributed by atoms with van der Waals surface area (Å²) in [6.45, 7) is 11.7. The maximum atomic E-state index is 5.46. The van der Waals surface area contributed by atoms with Gasteiger partial charge in [-0.05, 0) is 43.9 Å². The van der Waals surface area contributed by atoms with Crippen molar-refractivity contribution >= 4 is 0 Å². The van der Waals surface area contributed by atoms with E-state index in [-0.39, 0.29) is 0 Å². The number of likely N-dealkylation sites (tertiary alicyclic amines) is 1. The highest BCUT2D eigenvalue weighted by molar-refractivity contribution is 5.30. The highest BCUT2D eigenvalue weighted by Gasteiger charge is 2.20. The zero-order chi connectivity index (χ0) is 15.7. The van der Waals surface area contributed by atoms with Gasteiger partial charge in [0.25, 0.3) is 0 Å². The maximum Gasteiger partial charge on any atom is 0.222 e. The van der Waals surface area contributed by atoms with Crippen LogP contribution >= 0.6 is 0 Å². The Balaban J connectivity index is 1.75. The molecule has 0 saturated carbocycles. The van der Waals surface area contributed by atoms with Crippen LogP contribution in [0.1, 0.15) is 47.6 Å². The van der Waals surface area contributed by atoms with Gasteiger partial charge in [0, 0.05) is 25.7 Å². The molecular formula is C17H24N4O. The molecule has 0 bridgehead atoms. The quantitative estimate of drug-likeness (QED) is 0.869. The summed E-state index contributed by atoms with van der Waals surface area (Å²) in [4.78, 5) is 7.31. The fraction of sp³-hybridized carbons (Fsp3) is 0.588. The lowest BCUT2D eigenvalue weighted by Crippen LogP contribution is -2.20. The first kappa shape index (κ1) is 15.2. The summed E-state index contributed by atoms with van der Waals surface area (Å²) in [5.74, 6) is 2.05. The van der Waals surface area contributed by atoms with E-state index in [9.17, 15) is 0 Å². The first-order chi connectivity index (χ1) is 10.5. The fourth-order valence-corrected chi connectivity index (χ4v) is 3.11. The van der Waals surface area contributed by atoms with Crippen molar-refractivity contribution in [2.24, 2.45) is 5.92 Å². The van der Waals surface area contributed by atoms with E-state index in [4.69, 9.17) is 9.40 Å². The van der Waals surface area contributed by atoms with Crippen LogP contribution in [0.2, 0.25) is 0 Å². The van der Waals surface area contributed by atoms with Crippen LogP contribution in [0.4, 0.5) is 0 Å². The molecule has 3 heterocycles. The third kappa shape index (κ3) is 3.35. The van der Waals surface area contributed by atoms with Crippen molar-refractivity contribution in [1.82, 2.24) is 20.1 Å². The molecule has 1 atom stereocenters. The second kappa shape index (κ2) is 6.16. The molecule has 1 unspecified atom stereocenters. The Hall–Kier alpha value is -1.75. The van der Waals surface area contributed by atoms with E-state index in [1.54, 1.807) is 0 Å². The fourth-order valence-electron chi connectivity index (χ4n) is 3.11. The van der Waals surface area contributed by atoms with Crippen molar-refractivity contribution in [2.75, 3.05) is 13.1 Å². The highest BCUT2D eigenvalue weighted by atomic mass is 16.4. The molecule has 0 aromatic carbocycles. The molecular weight excluding hydrogens is 276 g/mol. The summed E-state index contributed by atoms with van der Waals surface area (Å²) in [7, 11) is 0. The van der Waals surface area contributed by atoms with Gasteiger partial charge in [0.1, 0.15) is 0 Å². The van der Waals surface area contributed by atoms with Gasteiger partial charge in [0.15, 0.2) is 0 Å². The lowest BCUT2D eigenvalue weighted by molar-refractivity contribution is 0.319. The Bertz CT molecular complexity index is 665. The van der Waals surface area contributed by atoms with Gasteiger partial charge in [-0.15, -0.1) is 10.2 Å². The number of aromatic nitrogens is 3. The van der Waals surface area contributed by atoms with Crippen molar-refractivity contribution in [1.29, 1.82) is 0 Å². The largest absolute Gasteiger partial charge is 0.425 e. The highest BCUT2D eigenvalue weighted by Crippen LogP contribution is 2.21. The van der Waals surface area contributed by atoms with E-state index in [0.717, 1.165) is 23.9 Å². The molecule has 1 aliphatic rings. The van der Waals surface area contributed by atoms with Crippen LogP contribution in [0, 0.1) is 26.7 Å². The van der Waals surface area contributed by atoms with Crippen molar-refractivity contribution in [3.05, 3.63) is 40.4 Å². The molecule has 5 heteroatoms. The first-order valence-electron chi connectivity index (χ1n) is 7.98. The van der Waals surface area contributed by atoms with Gasteiger partial charge in [0.05, 0.1) is 12.1 Å². The molecule has 118 valence electrons. The van der Waals surface area contributed by atoms with E-state index in [1.807, 2.05) is 6.92 Å². The van der Waals surface area contributed by atoms with Crippen molar-refractivity contribution < 1.29 is 4.42 Å². The van der Waals surface area contributed by atoms with Crippen molar-refractivity contribution in [3.8, 4) is 0 Å². The normalized spacial score (nSPS) is 19.0. The number of rotatable bonds is 4. The summed E-state index contributed by atoms with van der Waals surface area (Å²) < 4.78 is 5.46. The van der Waals surface area contributed by atoms with Crippen LogP contribution in [0.15, 0.2) is 10.5 Å². The lowest BCUT2D eigenvalue weighted by atomic mass is 10.1. The van der Waals surface area contributed by atoms with Gasteiger partial charge in [-0.1, -0.05) is 13.0 Å². The van der Waals surface area contributed by atoms with Crippen LogP contribution in [-0.2, 0) is 13.0 Å². The Morgan fingerprint density at radius 3 is 2.73 bits per heavy atom. The standard InChI is InChI=1S/C17H24N4O/c1-11-5-6-21(9-11)10-15-7-12(2)16(18-13(15)3)8-17-20-19-14(4)22-17/h7,11H,5-6,8-10H2,1-4H3. The molecule has 1 fully saturated rings. The molecule has 0 amide bonds. The SMILES string of the molecule is Cc1nnc(Cc2nc(C)c(CN3CCC(C)C3)cc2C)o1. The Kier molecular flexibility index (Phi) is 4.25. The second-order valence-corrected chi connectivity index (χ2v) is 6.52. The van der Waals surface area contributed by atoms with Crippen LogP contribution < -0.4 is 0 Å². The Labute approximate surface area is 131 Å². The molecule has 1 aliphatic heterocycles. The van der Waals surface area contributed by atoms with E-state index in [2.05, 4.69) is 41.9 Å². The van der Waals surface area contributed by atoms with Crippen LogP contribution in [0.25, 0.3) is 0 Å². The average molecular weight is 300 g/mol. The molecule has 0 N–H and O–H groups in total. The zero-order valence-corrected chi connectivity index (χ0v) is 13.9. The molecule has 0 radical (unpaired) electrons. The molecule has 1 saturated heterocycles. The minimum atomic E-state index is 0.601. The monoisotopic (exact) mass is 300 g/mol. The van der Waals surface area contributed by atoms with E-state index in [1.165, 1.54) is 30.6 Å². The van der Waals surface area contributed by atoms with E-state index in [0.29, 0.717) is 18.2 Å². The van der Waals surface area contributed by atoms with E-state index >= 15 is 0 Å². The van der Waals surface area contributed by atoms with E-state index < -0.39 is 0 Å². The number of hydrogen-bond acceptors (Lipinski definition) is 5. The first-order valence-corrected chi connectivity index (χ1v) is 7.98. The number of aryl methyl sites for hydroxylation is 3. The predicted molar refractivity (Wildman–Crippen MR) is 84.6 cm³/mol. The third-order valence-electron chi connectivity index (χ3n) is 4.40. The lowest BCUT2D eigenvalue weighted by Gasteiger charge is -2.18. The predicted octanol–water partition coefficient (Wildman–Crippen LogP) is 2.82. The zero-order valence-electron chi connectivity index (χ0n) is 13.9. The smallest absolute Gasteiger partial charge is 0.222 e. The topological polar surface area (TPSA) is 55.1 Å².